The van der Waals surface area contributed by atoms with Gasteiger partial charge in [-0.25, -0.2) is 0 Å². The minimum absolute atomic E-state index is 0.0624. The van der Waals surface area contributed by atoms with Gasteiger partial charge < -0.3 is 14.6 Å². The molecule has 0 aromatic heterocycles. The van der Waals surface area contributed by atoms with Crippen molar-refractivity contribution in [3.63, 3.8) is 0 Å². The minimum atomic E-state index is -0.771. The van der Waals surface area contributed by atoms with Crippen molar-refractivity contribution in [1.29, 1.82) is 0 Å². The molecule has 374 valence electrons. The molecule has 0 aromatic carbocycles. The van der Waals surface area contributed by atoms with E-state index in [0.29, 0.717) is 12.8 Å². The zero-order valence-electron chi connectivity index (χ0n) is 42.9. The van der Waals surface area contributed by atoms with Crippen molar-refractivity contribution in [2.24, 2.45) is 0 Å². The van der Waals surface area contributed by atoms with Gasteiger partial charge in [-0.15, -0.1) is 0 Å². The van der Waals surface area contributed by atoms with E-state index in [0.717, 1.165) is 38.5 Å². The largest absolute Gasteiger partial charge is 0.462 e. The lowest BCUT2D eigenvalue weighted by molar-refractivity contribution is -0.161. The normalized spacial score (nSPS) is 12.1. The monoisotopic (exact) mass is 889 g/mol. The van der Waals surface area contributed by atoms with Crippen molar-refractivity contribution in [3.05, 3.63) is 12.2 Å². The lowest BCUT2D eigenvalue weighted by Crippen LogP contribution is -2.28. The molecule has 0 rings (SSSR count). The van der Waals surface area contributed by atoms with Crippen LogP contribution in [0.3, 0.4) is 0 Å². The molecular formula is C58H112O5. The van der Waals surface area contributed by atoms with Crippen molar-refractivity contribution in [2.75, 3.05) is 13.2 Å². The molecule has 0 fully saturated rings. The first kappa shape index (κ1) is 61.6. The van der Waals surface area contributed by atoms with Crippen LogP contribution in [0.1, 0.15) is 328 Å². The van der Waals surface area contributed by atoms with Gasteiger partial charge in [0.2, 0.25) is 0 Å². The maximum absolute atomic E-state index is 12.2. The third-order valence-corrected chi connectivity index (χ3v) is 13.3. The fourth-order valence-corrected chi connectivity index (χ4v) is 8.97. The molecule has 0 radical (unpaired) electrons. The number of ether oxygens (including phenoxy) is 2. The molecule has 0 saturated heterocycles. The summed E-state index contributed by atoms with van der Waals surface area (Å²) < 4.78 is 10.7. The fraction of sp³-hybridized carbons (Fsp3) is 0.931. The molecule has 1 atom stereocenters. The molecule has 0 aliphatic rings. The van der Waals surface area contributed by atoms with E-state index in [4.69, 9.17) is 9.47 Å². The van der Waals surface area contributed by atoms with E-state index in [9.17, 15) is 14.7 Å². The lowest BCUT2D eigenvalue weighted by atomic mass is 10.0. The standard InChI is InChI=1S/C58H112O5/c1-3-5-7-9-11-13-15-17-19-20-21-22-23-24-25-26-27-28-29-30-31-32-33-34-35-36-37-39-40-42-44-46-48-50-52-57(60)62-55-56(54-59)63-58(61)53-51-49-47-45-43-41-38-18-16-14-12-10-8-6-4-2/h18,38,56,59H,3-17,19-37,39-55H2,1-2H3/b38-18-. The van der Waals surface area contributed by atoms with Gasteiger partial charge in [-0.05, 0) is 38.5 Å². The van der Waals surface area contributed by atoms with Gasteiger partial charge in [0.1, 0.15) is 6.61 Å². The number of allylic oxidation sites excluding steroid dienone is 2. The summed E-state index contributed by atoms with van der Waals surface area (Å²) in [4.78, 5) is 24.4. The molecule has 0 aliphatic carbocycles. The van der Waals surface area contributed by atoms with Gasteiger partial charge in [-0.2, -0.15) is 0 Å². The molecule has 1 unspecified atom stereocenters. The topological polar surface area (TPSA) is 72.8 Å². The third-order valence-electron chi connectivity index (χ3n) is 13.3. The maximum atomic E-state index is 12.2. The maximum Gasteiger partial charge on any atom is 0.306 e. The summed E-state index contributed by atoms with van der Waals surface area (Å²) in [5, 5.41) is 9.62. The number of hydrogen-bond donors (Lipinski definition) is 1. The van der Waals surface area contributed by atoms with Gasteiger partial charge in [0, 0.05) is 12.8 Å². The molecular weight excluding hydrogens is 777 g/mol. The fourth-order valence-electron chi connectivity index (χ4n) is 8.97. The summed E-state index contributed by atoms with van der Waals surface area (Å²) in [6, 6.07) is 0. The quantitative estimate of drug-likeness (QED) is 0.0374. The number of aliphatic hydroxyl groups excluding tert-OH is 1. The summed E-state index contributed by atoms with van der Waals surface area (Å²) in [6.07, 6.45) is 67.8. The van der Waals surface area contributed by atoms with Gasteiger partial charge in [0.05, 0.1) is 6.61 Å². The number of unbranched alkanes of at least 4 members (excludes halogenated alkanes) is 44. The Kier molecular flexibility index (Phi) is 53.8. The van der Waals surface area contributed by atoms with Gasteiger partial charge in [-0.1, -0.05) is 289 Å². The van der Waals surface area contributed by atoms with Crippen molar-refractivity contribution >= 4 is 11.9 Å². The predicted octanol–water partition coefficient (Wildman–Crippen LogP) is 19.1. The average Bonchev–Trinajstić information content (AvgIpc) is 3.29. The Balaban J connectivity index is 3.36. The van der Waals surface area contributed by atoms with E-state index in [1.807, 2.05) is 0 Å². The van der Waals surface area contributed by atoms with Crippen LogP contribution in [-0.4, -0.2) is 36.4 Å². The number of aliphatic hydroxyl groups is 1. The number of rotatable bonds is 54. The Hall–Kier alpha value is -1.36. The molecule has 0 heterocycles. The summed E-state index contributed by atoms with van der Waals surface area (Å²) in [7, 11) is 0. The molecule has 0 amide bonds. The minimum Gasteiger partial charge on any atom is -0.462 e. The Morgan fingerprint density at radius 3 is 0.857 bits per heavy atom. The van der Waals surface area contributed by atoms with E-state index in [-0.39, 0.29) is 25.2 Å². The predicted molar refractivity (Wildman–Crippen MR) is 275 cm³/mol. The summed E-state index contributed by atoms with van der Waals surface area (Å²) >= 11 is 0. The molecule has 0 spiro atoms. The Morgan fingerprint density at radius 2 is 0.587 bits per heavy atom. The van der Waals surface area contributed by atoms with E-state index in [2.05, 4.69) is 26.0 Å². The van der Waals surface area contributed by atoms with E-state index >= 15 is 0 Å². The number of esters is 2. The van der Waals surface area contributed by atoms with Crippen molar-refractivity contribution < 1.29 is 24.2 Å². The van der Waals surface area contributed by atoms with Crippen LogP contribution in [0.25, 0.3) is 0 Å². The Bertz CT molecular complexity index is 917. The van der Waals surface area contributed by atoms with Crippen LogP contribution in [0, 0.1) is 0 Å². The smallest absolute Gasteiger partial charge is 0.306 e. The summed E-state index contributed by atoms with van der Waals surface area (Å²) in [5.74, 6) is -0.582. The highest BCUT2D eigenvalue weighted by Gasteiger charge is 2.16. The Morgan fingerprint density at radius 1 is 0.349 bits per heavy atom. The van der Waals surface area contributed by atoms with Gasteiger partial charge in [0.15, 0.2) is 6.10 Å². The third kappa shape index (κ3) is 53.1. The van der Waals surface area contributed by atoms with Crippen LogP contribution in [0.4, 0.5) is 0 Å². The van der Waals surface area contributed by atoms with Crippen molar-refractivity contribution in [1.82, 2.24) is 0 Å². The highest BCUT2D eigenvalue weighted by molar-refractivity contribution is 5.70. The van der Waals surface area contributed by atoms with Crippen LogP contribution in [0.2, 0.25) is 0 Å². The number of carbonyl (C=O) groups excluding carboxylic acids is 2. The average molecular weight is 890 g/mol. The molecule has 0 bridgehead atoms. The molecule has 0 aromatic rings. The zero-order valence-corrected chi connectivity index (χ0v) is 42.9. The van der Waals surface area contributed by atoms with Crippen LogP contribution >= 0.6 is 0 Å². The van der Waals surface area contributed by atoms with E-state index in [1.54, 1.807) is 0 Å². The zero-order chi connectivity index (χ0) is 45.6. The molecule has 0 aliphatic heterocycles. The van der Waals surface area contributed by atoms with Crippen LogP contribution in [0.5, 0.6) is 0 Å². The highest BCUT2D eigenvalue weighted by atomic mass is 16.6. The molecule has 63 heavy (non-hydrogen) atoms. The number of hydrogen-bond acceptors (Lipinski definition) is 5. The van der Waals surface area contributed by atoms with Crippen molar-refractivity contribution in [3.8, 4) is 0 Å². The molecule has 5 nitrogen and oxygen atoms in total. The van der Waals surface area contributed by atoms with Crippen LogP contribution < -0.4 is 0 Å². The van der Waals surface area contributed by atoms with E-state index < -0.39 is 6.10 Å². The molecule has 5 heteroatoms. The SMILES string of the molecule is CCCCCCCC/C=C\CCCCCCCC(=O)OC(CO)COC(=O)CCCCCCCCCCCCCCCCCCCCCCCCCCCCCCCCCCCC. The summed E-state index contributed by atoms with van der Waals surface area (Å²) in [5.41, 5.74) is 0. The van der Waals surface area contributed by atoms with Gasteiger partial charge >= 0.3 is 11.9 Å². The number of carbonyl (C=O) groups is 2. The molecule has 1 N–H and O–H groups in total. The first-order chi connectivity index (χ1) is 31.1. The van der Waals surface area contributed by atoms with Crippen LogP contribution in [0.15, 0.2) is 12.2 Å². The van der Waals surface area contributed by atoms with Crippen molar-refractivity contribution in [2.45, 2.75) is 335 Å². The Labute approximate surface area is 394 Å². The first-order valence-electron chi connectivity index (χ1n) is 28.7. The molecule has 0 saturated carbocycles. The first-order valence-corrected chi connectivity index (χ1v) is 28.7. The summed E-state index contributed by atoms with van der Waals surface area (Å²) in [6.45, 7) is 4.18. The second-order valence-corrected chi connectivity index (χ2v) is 19.7. The second-order valence-electron chi connectivity index (χ2n) is 19.7. The lowest BCUT2D eigenvalue weighted by Gasteiger charge is -2.15. The second kappa shape index (κ2) is 55.0. The van der Waals surface area contributed by atoms with E-state index in [1.165, 1.54) is 263 Å². The van der Waals surface area contributed by atoms with Crippen LogP contribution in [-0.2, 0) is 19.1 Å². The van der Waals surface area contributed by atoms with Gasteiger partial charge in [0.25, 0.3) is 0 Å². The highest BCUT2D eigenvalue weighted by Crippen LogP contribution is 2.18. The van der Waals surface area contributed by atoms with Gasteiger partial charge in [-0.3, -0.25) is 9.59 Å².